The van der Waals surface area contributed by atoms with E-state index in [1.54, 1.807) is 17.1 Å². The fourth-order valence-corrected chi connectivity index (χ4v) is 9.29. The van der Waals surface area contributed by atoms with Crippen molar-refractivity contribution in [3.05, 3.63) is 103 Å². The number of amides is 1. The molecule has 62 heavy (non-hydrogen) atoms. The summed E-state index contributed by atoms with van der Waals surface area (Å²) in [7, 11) is 0. The van der Waals surface area contributed by atoms with Crippen LogP contribution in [0.4, 0.5) is 4.79 Å². The number of oxime groups is 1. The monoisotopic (exact) mass is 854 g/mol. The Labute approximate surface area is 366 Å². The maximum atomic E-state index is 14.4. The van der Waals surface area contributed by atoms with Gasteiger partial charge in [0, 0.05) is 37.7 Å². The van der Waals surface area contributed by atoms with Crippen molar-refractivity contribution in [3.8, 4) is 17.2 Å². The van der Waals surface area contributed by atoms with Crippen LogP contribution in [0.25, 0.3) is 10.8 Å². The highest BCUT2D eigenvalue weighted by molar-refractivity contribution is 6.03. The normalized spacial score (nSPS) is 23.4. The molecule has 0 radical (unpaired) electrons. The molecule has 1 fully saturated rings. The largest absolute Gasteiger partial charge is 0.459 e. The molecule has 0 spiro atoms. The van der Waals surface area contributed by atoms with Gasteiger partial charge in [-0.05, 0) is 111 Å². The summed E-state index contributed by atoms with van der Waals surface area (Å²) in [4.78, 5) is 22.3. The number of unbranched alkanes of at least 4 members (excludes halogenated alkanes) is 2. The minimum Gasteiger partial charge on any atom is -0.459 e. The molecule has 1 heterocycles. The molecule has 0 unspecified atom stereocenters. The standard InChI is InChI=1S/C50H66N2O10/c1-6-8-28-58-48(56)52(23-29-57-30-26-55)45-34-43(51-62-49(3,4)5)41-32-37(17-11-13-24-53)40(18-12-14-25-54)46-42-33-39(60-38-20-19-35-15-9-10-16-36(35)31-38)21-22-44(42)61-50(45,47(41)46)59-27-7-2/h6-7,9-10,15-16,19-22,31-33,37,40,45-47,53-55H,1-2,8,11-14,17-18,23-30,34H2,3-5H3/t37-,40+,45-,46+,47+,50+/m0/s1. The van der Waals surface area contributed by atoms with Crippen LogP contribution in [0.1, 0.15) is 83.6 Å². The lowest BCUT2D eigenvalue weighted by atomic mass is 9.55. The fourth-order valence-electron chi connectivity index (χ4n) is 9.29. The molecular weight excluding hydrogens is 789 g/mol. The molecule has 1 aliphatic heterocycles. The zero-order valence-electron chi connectivity index (χ0n) is 36.7. The van der Waals surface area contributed by atoms with Gasteiger partial charge in [0.1, 0.15) is 28.9 Å². The van der Waals surface area contributed by atoms with Gasteiger partial charge in [-0.3, -0.25) is 4.90 Å². The first-order valence-corrected chi connectivity index (χ1v) is 22.2. The Morgan fingerprint density at radius 3 is 2.37 bits per heavy atom. The zero-order valence-corrected chi connectivity index (χ0v) is 36.7. The third kappa shape index (κ3) is 11.1. The first-order valence-electron chi connectivity index (χ1n) is 22.2. The summed E-state index contributed by atoms with van der Waals surface area (Å²) in [5, 5.41) is 36.5. The van der Waals surface area contributed by atoms with E-state index in [1.165, 1.54) is 0 Å². The number of allylic oxidation sites excluding steroid dienone is 1. The van der Waals surface area contributed by atoms with Gasteiger partial charge in [-0.2, -0.15) is 0 Å². The molecule has 336 valence electrons. The number of benzene rings is 3. The number of hydrogen-bond donors (Lipinski definition) is 3. The second kappa shape index (κ2) is 22.1. The van der Waals surface area contributed by atoms with Gasteiger partial charge in [-0.25, -0.2) is 4.79 Å². The van der Waals surface area contributed by atoms with Gasteiger partial charge < -0.3 is 43.8 Å². The Balaban J connectivity index is 1.58. The minimum absolute atomic E-state index is 0.0312. The zero-order chi connectivity index (χ0) is 44.1. The molecule has 0 saturated heterocycles. The number of carbonyl (C=O) groups is 1. The van der Waals surface area contributed by atoms with Crippen LogP contribution in [0.5, 0.6) is 17.2 Å². The maximum absolute atomic E-state index is 14.4. The molecule has 0 bridgehead atoms. The van der Waals surface area contributed by atoms with Gasteiger partial charge in [0.2, 0.25) is 5.79 Å². The molecular formula is C50H66N2O10. The van der Waals surface area contributed by atoms with Gasteiger partial charge in [-0.1, -0.05) is 66.6 Å². The summed E-state index contributed by atoms with van der Waals surface area (Å²) in [5.74, 6) is -0.174. The first-order chi connectivity index (χ1) is 30.1. The van der Waals surface area contributed by atoms with Gasteiger partial charge in [0.15, 0.2) is 0 Å². The van der Waals surface area contributed by atoms with Crippen molar-refractivity contribution in [2.24, 2.45) is 22.9 Å². The number of aliphatic hydroxyl groups is 3. The van der Waals surface area contributed by atoms with Crippen LogP contribution in [0.15, 0.2) is 103 Å². The quantitative estimate of drug-likeness (QED) is 0.0479. The van der Waals surface area contributed by atoms with Crippen LogP contribution in [0, 0.1) is 17.8 Å². The predicted molar refractivity (Wildman–Crippen MR) is 241 cm³/mol. The van der Waals surface area contributed by atoms with Gasteiger partial charge >= 0.3 is 6.09 Å². The molecule has 6 rings (SSSR count). The number of ether oxygens (including phenoxy) is 5. The average molecular weight is 855 g/mol. The Morgan fingerprint density at radius 2 is 1.65 bits per heavy atom. The number of rotatable bonds is 23. The van der Waals surface area contributed by atoms with Crippen LogP contribution in [-0.2, 0) is 19.0 Å². The molecule has 2 aliphatic carbocycles. The number of fused-ring (bicyclic) bond motifs is 3. The van der Waals surface area contributed by atoms with Crippen LogP contribution >= 0.6 is 0 Å². The van der Waals surface area contributed by atoms with Gasteiger partial charge in [0.05, 0.1) is 44.7 Å². The van der Waals surface area contributed by atoms with Crippen molar-refractivity contribution >= 4 is 22.6 Å². The SMILES string of the molecule is C=CCCOC(=O)N(CCOCCO)[C@H]1CC(=NOC(C)(C)C)C2=C[C@H](CCCCO)[C@@H](CCCCO)[C@@H]3c4cc(Oc5ccc6ccccc6c5)ccc4O[C@@]1(OCC=C)[C@H]23. The van der Waals surface area contributed by atoms with E-state index in [-0.39, 0.29) is 77.0 Å². The van der Waals surface area contributed by atoms with E-state index in [0.29, 0.717) is 42.2 Å². The number of carbonyl (C=O) groups excluding carboxylic acids is 1. The third-order valence-corrected chi connectivity index (χ3v) is 11.9. The highest BCUT2D eigenvalue weighted by atomic mass is 16.7. The molecule has 3 aromatic rings. The van der Waals surface area contributed by atoms with Crippen LogP contribution in [0.2, 0.25) is 0 Å². The van der Waals surface area contributed by atoms with E-state index < -0.39 is 29.4 Å². The Morgan fingerprint density at radius 1 is 0.903 bits per heavy atom. The van der Waals surface area contributed by atoms with Gasteiger partial charge in [0.25, 0.3) is 0 Å². The van der Waals surface area contributed by atoms with Crippen molar-refractivity contribution < 1.29 is 48.6 Å². The highest BCUT2D eigenvalue weighted by Gasteiger charge is 2.65. The molecule has 12 heteroatoms. The molecule has 6 atom stereocenters. The summed E-state index contributed by atoms with van der Waals surface area (Å²) < 4.78 is 32.7. The first kappa shape index (κ1) is 46.8. The van der Waals surface area contributed by atoms with E-state index in [0.717, 1.165) is 47.6 Å². The predicted octanol–water partition coefficient (Wildman–Crippen LogP) is 9.09. The summed E-state index contributed by atoms with van der Waals surface area (Å²) in [6.07, 6.45) is 10.3. The van der Waals surface area contributed by atoms with E-state index >= 15 is 0 Å². The Hall–Kier alpha value is -4.72. The van der Waals surface area contributed by atoms with Crippen LogP contribution < -0.4 is 9.47 Å². The van der Waals surface area contributed by atoms with E-state index in [4.69, 9.17) is 33.7 Å². The smallest absolute Gasteiger partial charge is 0.410 e. The average Bonchev–Trinajstić information content (AvgIpc) is 3.26. The van der Waals surface area contributed by atoms with Crippen LogP contribution in [0.3, 0.4) is 0 Å². The number of hydrogen-bond acceptors (Lipinski definition) is 11. The van der Waals surface area contributed by atoms with E-state index in [9.17, 15) is 20.1 Å². The molecule has 12 nitrogen and oxygen atoms in total. The van der Waals surface area contributed by atoms with Crippen molar-refractivity contribution in [1.82, 2.24) is 4.90 Å². The van der Waals surface area contributed by atoms with Crippen molar-refractivity contribution in [1.29, 1.82) is 0 Å². The minimum atomic E-state index is -1.47. The Bertz CT molecular complexity index is 2030. The fraction of sp³-hybridized carbons (Fsp3) is 0.520. The molecule has 3 aliphatic rings. The van der Waals surface area contributed by atoms with Crippen molar-refractivity contribution in [2.75, 3.05) is 52.8 Å². The third-order valence-electron chi connectivity index (χ3n) is 11.9. The molecule has 3 aromatic carbocycles. The molecule has 1 saturated carbocycles. The molecule has 1 amide bonds. The van der Waals surface area contributed by atoms with Crippen molar-refractivity contribution in [3.63, 3.8) is 0 Å². The van der Waals surface area contributed by atoms with Gasteiger partial charge in [-0.15, -0.1) is 13.2 Å². The van der Waals surface area contributed by atoms with E-state index in [1.807, 2.05) is 57.2 Å². The second-order valence-corrected chi connectivity index (χ2v) is 17.3. The number of nitrogens with zero attached hydrogens (tertiary/aromatic N) is 2. The van der Waals surface area contributed by atoms with Crippen molar-refractivity contribution in [2.45, 2.75) is 95.5 Å². The topological polar surface area (TPSA) is 149 Å². The summed E-state index contributed by atoms with van der Waals surface area (Å²) >= 11 is 0. The molecule has 3 N–H and O–H groups in total. The second-order valence-electron chi connectivity index (χ2n) is 17.3. The summed E-state index contributed by atoms with van der Waals surface area (Å²) in [6.45, 7) is 14.3. The maximum Gasteiger partial charge on any atom is 0.410 e. The summed E-state index contributed by atoms with van der Waals surface area (Å²) in [5.41, 5.74) is 1.93. The lowest BCUT2D eigenvalue weighted by Gasteiger charge is -2.59. The van der Waals surface area contributed by atoms with E-state index in [2.05, 4.69) is 43.5 Å². The summed E-state index contributed by atoms with van der Waals surface area (Å²) in [6, 6.07) is 19.3. The molecule has 0 aromatic heterocycles. The Kier molecular flexibility index (Phi) is 16.6. The highest BCUT2D eigenvalue weighted by Crippen LogP contribution is 2.62. The number of aliphatic hydroxyl groups excluding tert-OH is 3. The lowest BCUT2D eigenvalue weighted by Crippen LogP contribution is -2.70. The van der Waals surface area contributed by atoms with Crippen LogP contribution in [-0.4, -0.2) is 102 Å². The lowest BCUT2D eigenvalue weighted by molar-refractivity contribution is -0.256.